The minimum absolute atomic E-state index is 0.387. The third-order valence-electron chi connectivity index (χ3n) is 5.31. The first-order valence-electron chi connectivity index (χ1n) is 9.04. The molecule has 4 heteroatoms. The summed E-state index contributed by atoms with van der Waals surface area (Å²) in [5, 5.41) is 0.925. The number of nitrogens with zero attached hydrogens (tertiary/aromatic N) is 1. The number of fused-ring (bicyclic) bond motifs is 3. The van der Waals surface area contributed by atoms with E-state index in [0.717, 1.165) is 29.0 Å². The monoisotopic (exact) mass is 355 g/mol. The van der Waals surface area contributed by atoms with Crippen LogP contribution in [0.25, 0.3) is 0 Å². The van der Waals surface area contributed by atoms with Gasteiger partial charge in [-0.15, -0.1) is 5.06 Å². The van der Waals surface area contributed by atoms with Gasteiger partial charge in [-0.25, -0.2) is 4.84 Å². The number of benzene rings is 3. The summed E-state index contributed by atoms with van der Waals surface area (Å²) in [6.45, 7) is 0. The van der Waals surface area contributed by atoms with Gasteiger partial charge in [-0.05, 0) is 47.2 Å². The van der Waals surface area contributed by atoms with Gasteiger partial charge < -0.3 is 0 Å². The third kappa shape index (κ3) is 2.49. The third-order valence-corrected chi connectivity index (χ3v) is 5.31. The second-order valence-electron chi connectivity index (χ2n) is 6.83. The maximum atomic E-state index is 12.8. The summed E-state index contributed by atoms with van der Waals surface area (Å²) in [7, 11) is 0. The molecule has 3 aromatic carbocycles. The summed E-state index contributed by atoms with van der Waals surface area (Å²) in [5.41, 5.74) is 5.12. The van der Waals surface area contributed by atoms with Gasteiger partial charge in [0.1, 0.15) is 6.10 Å². The molecule has 0 N–H and O–H groups in total. The fourth-order valence-corrected chi connectivity index (χ4v) is 3.95. The topological polar surface area (TPSA) is 46.6 Å². The van der Waals surface area contributed by atoms with E-state index in [9.17, 15) is 9.59 Å². The van der Waals surface area contributed by atoms with Crippen molar-refractivity contribution in [3.63, 3.8) is 0 Å². The molecule has 2 aliphatic rings. The predicted molar refractivity (Wildman–Crippen MR) is 100 cm³/mol. The normalized spacial score (nSPS) is 15.9. The molecule has 0 unspecified atom stereocenters. The van der Waals surface area contributed by atoms with E-state index < -0.39 is 17.9 Å². The molecule has 0 atom stereocenters. The molecule has 0 saturated carbocycles. The van der Waals surface area contributed by atoms with Crippen LogP contribution in [0.3, 0.4) is 0 Å². The number of imide groups is 1. The van der Waals surface area contributed by atoms with E-state index in [-0.39, 0.29) is 0 Å². The first-order valence-corrected chi connectivity index (χ1v) is 9.04. The van der Waals surface area contributed by atoms with Crippen LogP contribution in [-0.4, -0.2) is 16.9 Å². The highest BCUT2D eigenvalue weighted by Crippen LogP contribution is 2.37. The Morgan fingerprint density at radius 3 is 1.63 bits per heavy atom. The van der Waals surface area contributed by atoms with Crippen molar-refractivity contribution in [3.05, 3.63) is 106 Å². The zero-order valence-corrected chi connectivity index (χ0v) is 14.6. The van der Waals surface area contributed by atoms with Gasteiger partial charge in [-0.3, -0.25) is 9.59 Å². The lowest BCUT2D eigenvalue weighted by Gasteiger charge is -2.24. The zero-order chi connectivity index (χ0) is 18.4. The molecular formula is C23H17NO3. The van der Waals surface area contributed by atoms with Crippen LogP contribution in [0.2, 0.25) is 0 Å². The number of rotatable bonds is 2. The van der Waals surface area contributed by atoms with Gasteiger partial charge in [0.25, 0.3) is 11.8 Å². The van der Waals surface area contributed by atoms with E-state index in [1.165, 1.54) is 11.1 Å². The Morgan fingerprint density at radius 2 is 1.11 bits per heavy atom. The second-order valence-corrected chi connectivity index (χ2v) is 6.83. The van der Waals surface area contributed by atoms with Crippen LogP contribution in [0.5, 0.6) is 0 Å². The number of amides is 2. The maximum absolute atomic E-state index is 12.8. The molecule has 1 heterocycles. The van der Waals surface area contributed by atoms with Gasteiger partial charge in [-0.2, -0.15) is 0 Å². The van der Waals surface area contributed by atoms with Crippen LogP contribution in [0.15, 0.2) is 72.8 Å². The Bertz CT molecular complexity index is 990. The van der Waals surface area contributed by atoms with Crippen LogP contribution >= 0.6 is 0 Å². The van der Waals surface area contributed by atoms with Crippen LogP contribution in [-0.2, 0) is 17.7 Å². The van der Waals surface area contributed by atoms with Crippen LogP contribution in [0.1, 0.15) is 49.1 Å². The van der Waals surface area contributed by atoms with Crippen molar-refractivity contribution in [1.29, 1.82) is 0 Å². The minimum atomic E-state index is -0.498. The quantitative estimate of drug-likeness (QED) is 0.650. The second kappa shape index (κ2) is 6.18. The number of aryl methyl sites for hydroxylation is 2. The van der Waals surface area contributed by atoms with Crippen molar-refractivity contribution in [1.82, 2.24) is 5.06 Å². The van der Waals surface area contributed by atoms with Crippen molar-refractivity contribution in [2.24, 2.45) is 0 Å². The van der Waals surface area contributed by atoms with Gasteiger partial charge in [0.15, 0.2) is 0 Å². The summed E-state index contributed by atoms with van der Waals surface area (Å²) >= 11 is 0. The van der Waals surface area contributed by atoms with Gasteiger partial charge in [0.2, 0.25) is 0 Å². The number of hydrogen-bond acceptors (Lipinski definition) is 3. The standard InChI is InChI=1S/C23H17NO3/c25-22-19-11-5-6-12-20(19)23(26)24(22)27-21-17-9-3-1-7-15(17)13-14-16-8-2-4-10-18(16)21/h1-12,21H,13-14H2. The first kappa shape index (κ1) is 16.0. The Balaban J connectivity index is 1.60. The van der Waals surface area contributed by atoms with Crippen molar-refractivity contribution in [2.45, 2.75) is 18.9 Å². The van der Waals surface area contributed by atoms with Crippen LogP contribution in [0, 0.1) is 0 Å². The Labute approximate surface area is 157 Å². The average Bonchev–Trinajstić information content (AvgIpc) is 2.86. The zero-order valence-electron chi connectivity index (χ0n) is 14.6. The molecule has 0 radical (unpaired) electrons. The molecule has 0 saturated heterocycles. The van der Waals surface area contributed by atoms with Crippen molar-refractivity contribution >= 4 is 11.8 Å². The number of hydrogen-bond donors (Lipinski definition) is 0. The predicted octanol–water partition coefficient (Wildman–Crippen LogP) is 4.10. The minimum Gasteiger partial charge on any atom is -0.266 e. The molecule has 1 aliphatic heterocycles. The molecule has 4 nitrogen and oxygen atoms in total. The fourth-order valence-electron chi connectivity index (χ4n) is 3.95. The van der Waals surface area contributed by atoms with Crippen molar-refractivity contribution in [3.8, 4) is 0 Å². The lowest BCUT2D eigenvalue weighted by atomic mass is 9.97. The van der Waals surface area contributed by atoms with Gasteiger partial charge in [-0.1, -0.05) is 60.7 Å². The molecule has 3 aromatic rings. The molecular weight excluding hydrogens is 338 g/mol. The first-order chi connectivity index (χ1) is 13.2. The van der Waals surface area contributed by atoms with E-state index >= 15 is 0 Å². The van der Waals surface area contributed by atoms with Crippen molar-refractivity contribution < 1.29 is 14.4 Å². The maximum Gasteiger partial charge on any atom is 0.285 e. The molecule has 132 valence electrons. The van der Waals surface area contributed by atoms with E-state index in [4.69, 9.17) is 4.84 Å². The molecule has 27 heavy (non-hydrogen) atoms. The number of hydroxylamine groups is 2. The summed E-state index contributed by atoms with van der Waals surface area (Å²) in [6, 6.07) is 23.0. The highest BCUT2D eigenvalue weighted by molar-refractivity contribution is 6.20. The highest BCUT2D eigenvalue weighted by atomic mass is 16.7. The summed E-state index contributed by atoms with van der Waals surface area (Å²) < 4.78 is 0. The van der Waals surface area contributed by atoms with Gasteiger partial charge in [0, 0.05) is 0 Å². The lowest BCUT2D eigenvalue weighted by Crippen LogP contribution is -2.32. The van der Waals surface area contributed by atoms with Crippen molar-refractivity contribution in [2.75, 3.05) is 0 Å². The molecule has 0 fully saturated rings. The Kier molecular flexibility index (Phi) is 3.66. The molecule has 0 spiro atoms. The SMILES string of the molecule is O=C1c2ccccc2C(=O)N1OC1c2ccccc2CCc2ccccc21. The Morgan fingerprint density at radius 1 is 0.667 bits per heavy atom. The largest absolute Gasteiger partial charge is 0.285 e. The number of carbonyl (C=O) groups is 2. The van der Waals surface area contributed by atoms with Crippen LogP contribution in [0.4, 0.5) is 0 Å². The summed E-state index contributed by atoms with van der Waals surface area (Å²) in [6.07, 6.45) is 1.30. The lowest BCUT2D eigenvalue weighted by molar-refractivity contribution is -0.121. The summed E-state index contributed by atoms with van der Waals surface area (Å²) in [4.78, 5) is 31.7. The average molecular weight is 355 g/mol. The highest BCUT2D eigenvalue weighted by Gasteiger charge is 2.39. The Hall–Kier alpha value is -3.24. The van der Waals surface area contributed by atoms with E-state index in [1.54, 1.807) is 24.3 Å². The van der Waals surface area contributed by atoms with E-state index in [1.807, 2.05) is 36.4 Å². The molecule has 5 rings (SSSR count). The molecule has 0 aromatic heterocycles. The fraction of sp³-hybridized carbons (Fsp3) is 0.130. The molecule has 1 aliphatic carbocycles. The van der Waals surface area contributed by atoms with Crippen LogP contribution < -0.4 is 0 Å². The number of carbonyl (C=O) groups excluding carboxylic acids is 2. The smallest absolute Gasteiger partial charge is 0.266 e. The molecule has 2 amide bonds. The van der Waals surface area contributed by atoms with Gasteiger partial charge >= 0.3 is 0 Å². The van der Waals surface area contributed by atoms with E-state index in [0.29, 0.717) is 11.1 Å². The van der Waals surface area contributed by atoms with E-state index in [2.05, 4.69) is 12.1 Å². The summed E-state index contributed by atoms with van der Waals surface area (Å²) in [5.74, 6) is -0.815. The molecule has 0 bridgehead atoms. The van der Waals surface area contributed by atoms with Gasteiger partial charge in [0.05, 0.1) is 11.1 Å².